The van der Waals surface area contributed by atoms with Gasteiger partial charge in [-0.05, 0) is 29.3 Å². The molecular weight excluding hydrogens is 216 g/mol. The summed E-state index contributed by atoms with van der Waals surface area (Å²) in [7, 11) is 0. The summed E-state index contributed by atoms with van der Waals surface area (Å²) in [4.78, 5) is 10.8. The summed E-state index contributed by atoms with van der Waals surface area (Å²) in [6.45, 7) is 1.75. The predicted molar refractivity (Wildman–Crippen MR) is 63.7 cm³/mol. The summed E-state index contributed by atoms with van der Waals surface area (Å²) < 4.78 is 5.37. The minimum atomic E-state index is -1.18. The van der Waals surface area contributed by atoms with Gasteiger partial charge in [0.05, 0.1) is 5.97 Å². The number of benzene rings is 2. The molecule has 0 aromatic heterocycles. The molecule has 88 valence electrons. The summed E-state index contributed by atoms with van der Waals surface area (Å²) in [5.74, 6) is -0.625. The molecule has 0 radical (unpaired) electrons. The maximum absolute atomic E-state index is 10.8. The SMILES string of the molecule is CC[C@@H](Oc1ccc2ccccc2c1)C(=O)[O-]. The molecule has 0 fully saturated rings. The summed E-state index contributed by atoms with van der Waals surface area (Å²) in [6, 6.07) is 13.4. The number of carbonyl (C=O) groups excluding carboxylic acids is 1. The van der Waals surface area contributed by atoms with Crippen molar-refractivity contribution in [2.45, 2.75) is 19.4 Å². The van der Waals surface area contributed by atoms with Gasteiger partial charge in [-0.3, -0.25) is 0 Å². The molecule has 0 heterocycles. The Morgan fingerprint density at radius 1 is 1.24 bits per heavy atom. The fourth-order valence-electron chi connectivity index (χ4n) is 1.70. The van der Waals surface area contributed by atoms with E-state index in [1.165, 1.54) is 0 Å². The number of ether oxygens (including phenoxy) is 1. The minimum Gasteiger partial charge on any atom is -0.546 e. The number of hydrogen-bond acceptors (Lipinski definition) is 3. The lowest BCUT2D eigenvalue weighted by atomic mass is 10.1. The van der Waals surface area contributed by atoms with Crippen LogP contribution >= 0.6 is 0 Å². The van der Waals surface area contributed by atoms with E-state index in [4.69, 9.17) is 4.74 Å². The maximum Gasteiger partial charge on any atom is 0.138 e. The first-order valence-corrected chi connectivity index (χ1v) is 5.57. The van der Waals surface area contributed by atoms with Crippen molar-refractivity contribution in [1.29, 1.82) is 0 Å². The second-order valence-electron chi connectivity index (χ2n) is 3.84. The van der Waals surface area contributed by atoms with E-state index in [1.807, 2.05) is 36.4 Å². The summed E-state index contributed by atoms with van der Waals surface area (Å²) in [6.07, 6.45) is -0.508. The van der Waals surface area contributed by atoms with E-state index in [-0.39, 0.29) is 0 Å². The van der Waals surface area contributed by atoms with E-state index in [0.29, 0.717) is 12.2 Å². The number of rotatable bonds is 4. The van der Waals surface area contributed by atoms with Gasteiger partial charge >= 0.3 is 0 Å². The van der Waals surface area contributed by atoms with Crippen molar-refractivity contribution in [2.75, 3.05) is 0 Å². The van der Waals surface area contributed by atoms with E-state index in [0.717, 1.165) is 10.8 Å². The highest BCUT2D eigenvalue weighted by Crippen LogP contribution is 2.21. The van der Waals surface area contributed by atoms with Gasteiger partial charge in [0, 0.05) is 0 Å². The van der Waals surface area contributed by atoms with E-state index >= 15 is 0 Å². The van der Waals surface area contributed by atoms with Crippen LogP contribution in [0.4, 0.5) is 0 Å². The Hall–Kier alpha value is -2.03. The number of carboxylic acid groups (broad SMARTS) is 1. The van der Waals surface area contributed by atoms with Crippen LogP contribution in [0.25, 0.3) is 10.8 Å². The van der Waals surface area contributed by atoms with Gasteiger partial charge in [-0.2, -0.15) is 0 Å². The Kier molecular flexibility index (Phi) is 3.28. The highest BCUT2D eigenvalue weighted by atomic mass is 16.5. The topological polar surface area (TPSA) is 49.4 Å². The van der Waals surface area contributed by atoms with E-state index in [1.54, 1.807) is 13.0 Å². The van der Waals surface area contributed by atoms with Crippen molar-refractivity contribution >= 4 is 16.7 Å². The third-order valence-corrected chi connectivity index (χ3v) is 2.63. The van der Waals surface area contributed by atoms with Gasteiger partial charge in [0.25, 0.3) is 0 Å². The van der Waals surface area contributed by atoms with Crippen LogP contribution in [0, 0.1) is 0 Å². The van der Waals surface area contributed by atoms with Crippen LogP contribution in [0.1, 0.15) is 13.3 Å². The molecule has 0 spiro atoms. The molecule has 3 nitrogen and oxygen atoms in total. The zero-order valence-corrected chi connectivity index (χ0v) is 9.55. The molecule has 17 heavy (non-hydrogen) atoms. The normalized spacial score (nSPS) is 12.3. The third kappa shape index (κ3) is 2.56. The first-order valence-electron chi connectivity index (χ1n) is 5.57. The maximum atomic E-state index is 10.8. The number of hydrogen-bond donors (Lipinski definition) is 0. The van der Waals surface area contributed by atoms with Crippen molar-refractivity contribution in [3.8, 4) is 5.75 Å². The van der Waals surface area contributed by atoms with Crippen molar-refractivity contribution in [1.82, 2.24) is 0 Å². The number of carbonyl (C=O) groups is 1. The third-order valence-electron chi connectivity index (χ3n) is 2.63. The van der Waals surface area contributed by atoms with Gasteiger partial charge in [0.1, 0.15) is 11.9 Å². The second-order valence-corrected chi connectivity index (χ2v) is 3.84. The molecule has 0 aliphatic heterocycles. The van der Waals surface area contributed by atoms with Crippen molar-refractivity contribution in [2.24, 2.45) is 0 Å². The number of fused-ring (bicyclic) bond motifs is 1. The van der Waals surface area contributed by atoms with Crippen molar-refractivity contribution in [3.63, 3.8) is 0 Å². The average Bonchev–Trinajstić information content (AvgIpc) is 2.35. The quantitative estimate of drug-likeness (QED) is 0.802. The van der Waals surface area contributed by atoms with Gasteiger partial charge in [0.15, 0.2) is 0 Å². The largest absolute Gasteiger partial charge is 0.546 e. The Morgan fingerprint density at radius 3 is 2.59 bits per heavy atom. The predicted octanol–water partition coefficient (Wildman–Crippen LogP) is 1.75. The number of aliphatic carboxylic acids is 1. The highest BCUT2D eigenvalue weighted by Gasteiger charge is 2.09. The van der Waals surface area contributed by atoms with Gasteiger partial charge in [-0.1, -0.05) is 37.3 Å². The molecule has 0 bridgehead atoms. The second kappa shape index (κ2) is 4.87. The first kappa shape index (κ1) is 11.5. The number of carboxylic acids is 1. The fourth-order valence-corrected chi connectivity index (χ4v) is 1.70. The van der Waals surface area contributed by atoms with Crippen LogP contribution in [0.2, 0.25) is 0 Å². The summed E-state index contributed by atoms with van der Waals surface area (Å²) >= 11 is 0. The van der Waals surface area contributed by atoms with Crippen LogP contribution in [0.15, 0.2) is 42.5 Å². The zero-order chi connectivity index (χ0) is 12.3. The molecule has 0 saturated heterocycles. The Labute approximate surface area is 99.6 Å². The lowest BCUT2D eigenvalue weighted by molar-refractivity contribution is -0.313. The summed E-state index contributed by atoms with van der Waals surface area (Å²) in [5.41, 5.74) is 0. The fraction of sp³-hybridized carbons (Fsp3) is 0.214. The molecule has 0 aliphatic carbocycles. The Bertz CT molecular complexity index is 534. The van der Waals surface area contributed by atoms with Crippen LogP contribution in [-0.4, -0.2) is 12.1 Å². The molecule has 0 N–H and O–H groups in total. The molecule has 2 aromatic carbocycles. The van der Waals surface area contributed by atoms with Crippen molar-refractivity contribution < 1.29 is 14.6 Å². The lowest BCUT2D eigenvalue weighted by Crippen LogP contribution is -2.39. The van der Waals surface area contributed by atoms with E-state index < -0.39 is 12.1 Å². The summed E-state index contributed by atoms with van der Waals surface area (Å²) in [5, 5.41) is 12.9. The molecule has 2 aromatic rings. The molecule has 0 unspecified atom stereocenters. The molecule has 2 rings (SSSR count). The monoisotopic (exact) mass is 229 g/mol. The smallest absolute Gasteiger partial charge is 0.138 e. The molecule has 0 amide bonds. The first-order chi connectivity index (χ1) is 8.20. The highest BCUT2D eigenvalue weighted by molar-refractivity contribution is 5.83. The van der Waals surface area contributed by atoms with Gasteiger partial charge in [-0.15, -0.1) is 0 Å². The molecule has 1 atom stereocenters. The average molecular weight is 229 g/mol. The zero-order valence-electron chi connectivity index (χ0n) is 9.55. The standard InChI is InChI=1S/C14H14O3/c1-2-13(14(15)16)17-12-8-7-10-5-3-4-6-11(10)9-12/h3-9,13H,2H2,1H3,(H,15,16)/p-1/t13-/m1/s1. The molecule has 0 saturated carbocycles. The molecule has 0 aliphatic rings. The van der Waals surface area contributed by atoms with E-state index in [2.05, 4.69) is 0 Å². The van der Waals surface area contributed by atoms with Gasteiger partial charge in [0.2, 0.25) is 0 Å². The van der Waals surface area contributed by atoms with E-state index in [9.17, 15) is 9.90 Å². The Morgan fingerprint density at radius 2 is 1.94 bits per heavy atom. The molecular formula is C14H13O3-. The van der Waals surface area contributed by atoms with Crippen LogP contribution in [-0.2, 0) is 4.79 Å². The van der Waals surface area contributed by atoms with Gasteiger partial charge in [-0.25, -0.2) is 0 Å². The Balaban J connectivity index is 2.27. The van der Waals surface area contributed by atoms with Crippen molar-refractivity contribution in [3.05, 3.63) is 42.5 Å². The molecule has 3 heteroatoms. The van der Waals surface area contributed by atoms with Crippen LogP contribution in [0.3, 0.4) is 0 Å². The minimum absolute atomic E-state index is 0.384. The lowest BCUT2D eigenvalue weighted by Gasteiger charge is -2.18. The van der Waals surface area contributed by atoms with Crippen LogP contribution in [0.5, 0.6) is 5.75 Å². The van der Waals surface area contributed by atoms with Gasteiger partial charge < -0.3 is 14.6 Å². The van der Waals surface area contributed by atoms with Crippen LogP contribution < -0.4 is 9.84 Å².